The summed E-state index contributed by atoms with van der Waals surface area (Å²) < 4.78 is 4.95. The summed E-state index contributed by atoms with van der Waals surface area (Å²) in [7, 11) is 1.62. The van der Waals surface area contributed by atoms with E-state index in [0.29, 0.717) is 36.5 Å². The molecular weight excluding hydrogens is 352 g/mol. The highest BCUT2D eigenvalue weighted by Crippen LogP contribution is 2.29. The first-order chi connectivity index (χ1) is 13.7. The van der Waals surface area contributed by atoms with E-state index < -0.39 is 0 Å². The van der Waals surface area contributed by atoms with Gasteiger partial charge in [-0.15, -0.1) is 0 Å². The second-order valence-electron chi connectivity index (χ2n) is 8.33. The minimum Gasteiger partial charge on any atom is -0.383 e. The number of benzene rings is 1. The van der Waals surface area contributed by atoms with E-state index in [1.54, 1.807) is 7.11 Å². The van der Waals surface area contributed by atoms with Crippen LogP contribution in [0.5, 0.6) is 0 Å². The zero-order chi connectivity index (χ0) is 19.8. The van der Waals surface area contributed by atoms with Gasteiger partial charge in [0.1, 0.15) is 0 Å². The molecule has 2 aliphatic rings. The Morgan fingerprint density at radius 3 is 2.36 bits per heavy atom. The van der Waals surface area contributed by atoms with Gasteiger partial charge in [0.15, 0.2) is 0 Å². The number of nitrogens with zero attached hydrogens (tertiary/aromatic N) is 1. The molecule has 3 rings (SSSR count). The molecule has 2 fully saturated rings. The van der Waals surface area contributed by atoms with Gasteiger partial charge in [-0.25, -0.2) is 0 Å². The number of ether oxygens (including phenoxy) is 1. The molecule has 1 heterocycles. The van der Waals surface area contributed by atoms with Crippen LogP contribution in [0.3, 0.4) is 0 Å². The van der Waals surface area contributed by atoms with Gasteiger partial charge in [-0.05, 0) is 61.6 Å². The van der Waals surface area contributed by atoms with E-state index in [1.165, 1.54) is 31.2 Å². The molecule has 5 heteroatoms. The summed E-state index contributed by atoms with van der Waals surface area (Å²) in [4.78, 5) is 26.6. The predicted octanol–water partition coefficient (Wildman–Crippen LogP) is 3.42. The maximum Gasteiger partial charge on any atom is 0.251 e. The van der Waals surface area contributed by atoms with Crippen LogP contribution < -0.4 is 5.32 Å². The molecule has 0 aromatic heterocycles. The molecule has 5 nitrogen and oxygen atoms in total. The normalized spacial score (nSPS) is 18.4. The molecule has 1 saturated heterocycles. The lowest BCUT2D eigenvalue weighted by Crippen LogP contribution is -2.39. The topological polar surface area (TPSA) is 58.6 Å². The van der Waals surface area contributed by atoms with Crippen LogP contribution in [0.4, 0.5) is 0 Å². The average Bonchev–Trinajstić information content (AvgIpc) is 3.22. The lowest BCUT2D eigenvalue weighted by Gasteiger charge is -2.32. The number of nitrogens with one attached hydrogen (secondary N) is 1. The van der Waals surface area contributed by atoms with Gasteiger partial charge in [-0.2, -0.15) is 0 Å². The van der Waals surface area contributed by atoms with Crippen molar-refractivity contribution in [2.75, 3.05) is 33.4 Å². The number of amides is 2. The van der Waals surface area contributed by atoms with Crippen molar-refractivity contribution in [1.82, 2.24) is 10.2 Å². The fourth-order valence-electron chi connectivity index (χ4n) is 4.47. The van der Waals surface area contributed by atoms with Crippen LogP contribution in [0.15, 0.2) is 24.3 Å². The Kier molecular flexibility index (Phi) is 7.90. The van der Waals surface area contributed by atoms with E-state index in [0.717, 1.165) is 38.8 Å². The van der Waals surface area contributed by atoms with Crippen LogP contribution in [-0.2, 0) is 16.0 Å². The summed E-state index contributed by atoms with van der Waals surface area (Å²) in [6.45, 7) is 2.84. The molecule has 1 aromatic rings. The molecule has 1 aliphatic heterocycles. The lowest BCUT2D eigenvalue weighted by atomic mass is 9.89. The first-order valence-electron chi connectivity index (χ1n) is 10.8. The monoisotopic (exact) mass is 386 g/mol. The third-order valence-electron chi connectivity index (χ3n) is 6.24. The van der Waals surface area contributed by atoms with Crippen molar-refractivity contribution in [2.24, 2.45) is 11.8 Å². The third kappa shape index (κ3) is 6.06. The Bertz CT molecular complexity index is 630. The summed E-state index contributed by atoms with van der Waals surface area (Å²) >= 11 is 0. The summed E-state index contributed by atoms with van der Waals surface area (Å²) in [5.74, 6) is 1.57. The van der Waals surface area contributed by atoms with Crippen LogP contribution in [0.25, 0.3) is 0 Å². The van der Waals surface area contributed by atoms with Crippen LogP contribution >= 0.6 is 0 Å². The van der Waals surface area contributed by atoms with E-state index >= 15 is 0 Å². The van der Waals surface area contributed by atoms with Gasteiger partial charge >= 0.3 is 0 Å². The summed E-state index contributed by atoms with van der Waals surface area (Å²) in [5, 5.41) is 2.84. The van der Waals surface area contributed by atoms with Gasteiger partial charge in [-0.3, -0.25) is 9.59 Å². The zero-order valence-electron chi connectivity index (χ0n) is 17.1. The molecule has 0 bridgehead atoms. The maximum atomic E-state index is 12.5. The Balaban J connectivity index is 1.40. The first-order valence-corrected chi connectivity index (χ1v) is 10.8. The Morgan fingerprint density at radius 2 is 1.71 bits per heavy atom. The molecule has 0 spiro atoms. The quantitative estimate of drug-likeness (QED) is 0.697. The van der Waals surface area contributed by atoms with Crippen LogP contribution in [0, 0.1) is 11.8 Å². The minimum atomic E-state index is -0.0577. The summed E-state index contributed by atoms with van der Waals surface area (Å²) in [6.07, 6.45) is 9.02. The average molecular weight is 387 g/mol. The molecule has 0 radical (unpaired) electrons. The van der Waals surface area contributed by atoms with Gasteiger partial charge < -0.3 is 15.0 Å². The zero-order valence-corrected chi connectivity index (χ0v) is 17.1. The number of methoxy groups -OCH3 is 1. The molecule has 2 amide bonds. The largest absolute Gasteiger partial charge is 0.383 e. The van der Waals surface area contributed by atoms with E-state index in [-0.39, 0.29) is 5.91 Å². The van der Waals surface area contributed by atoms with Crippen molar-refractivity contribution < 1.29 is 14.3 Å². The van der Waals surface area contributed by atoms with Crippen molar-refractivity contribution in [3.8, 4) is 0 Å². The number of likely N-dealkylation sites (tertiary alicyclic amines) is 1. The Hall–Kier alpha value is -1.88. The van der Waals surface area contributed by atoms with Crippen molar-refractivity contribution in [3.05, 3.63) is 35.4 Å². The molecule has 0 unspecified atom stereocenters. The smallest absolute Gasteiger partial charge is 0.251 e. The predicted molar refractivity (Wildman–Crippen MR) is 110 cm³/mol. The SMILES string of the molecule is COCCNC(=O)c1ccc(CC2CCN(C(=O)CC3CCCC3)CC2)cc1. The van der Waals surface area contributed by atoms with Gasteiger partial charge in [0.25, 0.3) is 5.91 Å². The third-order valence-corrected chi connectivity index (χ3v) is 6.24. The lowest BCUT2D eigenvalue weighted by molar-refractivity contribution is -0.133. The van der Waals surface area contributed by atoms with E-state index in [4.69, 9.17) is 4.74 Å². The molecule has 154 valence electrons. The number of carbonyl (C=O) groups excluding carboxylic acids is 2. The number of hydrogen-bond acceptors (Lipinski definition) is 3. The van der Waals surface area contributed by atoms with Crippen molar-refractivity contribution in [3.63, 3.8) is 0 Å². The van der Waals surface area contributed by atoms with Crippen LogP contribution in [-0.4, -0.2) is 50.1 Å². The fourth-order valence-corrected chi connectivity index (χ4v) is 4.47. The molecule has 1 N–H and O–H groups in total. The Morgan fingerprint density at radius 1 is 1.04 bits per heavy atom. The highest BCUT2D eigenvalue weighted by Gasteiger charge is 2.26. The molecule has 1 saturated carbocycles. The second kappa shape index (κ2) is 10.6. The molecule has 0 atom stereocenters. The van der Waals surface area contributed by atoms with E-state index in [9.17, 15) is 9.59 Å². The van der Waals surface area contributed by atoms with Gasteiger partial charge in [0.2, 0.25) is 5.91 Å². The Labute approximate surface area is 168 Å². The van der Waals surface area contributed by atoms with Gasteiger partial charge in [-0.1, -0.05) is 25.0 Å². The standard InChI is InChI=1S/C23H34N2O3/c1-28-15-12-24-23(27)21-8-6-19(7-9-21)16-20-10-13-25(14-11-20)22(26)17-18-4-2-3-5-18/h6-9,18,20H,2-5,10-17H2,1H3,(H,24,27). The molecule has 28 heavy (non-hydrogen) atoms. The number of hydrogen-bond donors (Lipinski definition) is 1. The number of piperidine rings is 1. The first kappa shape index (κ1) is 20.8. The fraction of sp³-hybridized carbons (Fsp3) is 0.652. The van der Waals surface area contributed by atoms with Crippen LogP contribution in [0.1, 0.15) is 60.9 Å². The molecule has 1 aliphatic carbocycles. The highest BCUT2D eigenvalue weighted by molar-refractivity contribution is 5.94. The van der Waals surface area contributed by atoms with E-state index in [2.05, 4.69) is 22.3 Å². The van der Waals surface area contributed by atoms with Crippen molar-refractivity contribution in [2.45, 2.75) is 51.4 Å². The maximum absolute atomic E-state index is 12.5. The van der Waals surface area contributed by atoms with E-state index in [1.807, 2.05) is 12.1 Å². The molecular formula is C23H34N2O3. The van der Waals surface area contributed by atoms with Crippen LogP contribution in [0.2, 0.25) is 0 Å². The summed E-state index contributed by atoms with van der Waals surface area (Å²) in [6, 6.07) is 7.92. The minimum absolute atomic E-state index is 0.0577. The van der Waals surface area contributed by atoms with Gasteiger partial charge in [0.05, 0.1) is 6.61 Å². The number of carbonyl (C=O) groups is 2. The molecule has 1 aromatic carbocycles. The van der Waals surface area contributed by atoms with Crippen molar-refractivity contribution >= 4 is 11.8 Å². The van der Waals surface area contributed by atoms with Crippen molar-refractivity contribution in [1.29, 1.82) is 0 Å². The second-order valence-corrected chi connectivity index (χ2v) is 8.33. The van der Waals surface area contributed by atoms with Gasteiger partial charge in [0, 0.05) is 38.7 Å². The highest BCUT2D eigenvalue weighted by atomic mass is 16.5. The summed E-state index contributed by atoms with van der Waals surface area (Å²) in [5.41, 5.74) is 1.95. The number of rotatable bonds is 8.